The van der Waals surface area contributed by atoms with E-state index < -0.39 is 11.9 Å². The Hall–Kier alpha value is -1.52. The Bertz CT molecular complexity index is 443. The summed E-state index contributed by atoms with van der Waals surface area (Å²) in [5.41, 5.74) is -0.0555. The van der Waals surface area contributed by atoms with E-state index in [1.54, 1.807) is 0 Å². The highest BCUT2D eigenvalue weighted by atomic mass is 19.1. The lowest BCUT2D eigenvalue weighted by molar-refractivity contribution is -0.121. The smallest absolute Gasteiger partial charge is 0.239 e. The predicted octanol–water partition coefficient (Wildman–Crippen LogP) is 3.12. The molecule has 5 heteroatoms. The van der Waals surface area contributed by atoms with Crippen molar-refractivity contribution in [3.8, 4) is 0 Å². The monoisotopic (exact) mass is 254 g/mol. The highest BCUT2D eigenvalue weighted by Crippen LogP contribution is 2.29. The maximum atomic E-state index is 13.3. The van der Waals surface area contributed by atoms with Crippen LogP contribution in [0, 0.1) is 23.7 Å². The fraction of sp³-hybridized carbons (Fsp3) is 0.538. The Kier molecular flexibility index (Phi) is 3.89. The number of nitrogens with one attached hydrogen (secondary N) is 1. The molecule has 0 unspecified atom stereocenters. The van der Waals surface area contributed by atoms with Crippen LogP contribution in [-0.2, 0) is 4.79 Å². The van der Waals surface area contributed by atoms with Gasteiger partial charge in [0.1, 0.15) is 0 Å². The highest BCUT2D eigenvalue weighted by Gasteiger charge is 2.25. The average molecular weight is 254 g/mol. The van der Waals surface area contributed by atoms with Gasteiger partial charge in [0.25, 0.3) is 0 Å². The molecule has 0 aliphatic heterocycles. The van der Waals surface area contributed by atoms with Crippen LogP contribution < -0.4 is 5.32 Å². The van der Waals surface area contributed by atoms with Crippen LogP contribution in [0.2, 0.25) is 0 Å². The number of pyridine rings is 1. The van der Waals surface area contributed by atoms with Crippen LogP contribution in [0.3, 0.4) is 0 Å². The van der Waals surface area contributed by atoms with E-state index in [0.29, 0.717) is 5.92 Å². The molecular formula is C13H16F2N2O. The Labute approximate surface area is 105 Å². The molecule has 1 N–H and O–H groups in total. The van der Waals surface area contributed by atoms with Gasteiger partial charge in [0, 0.05) is 5.92 Å². The zero-order chi connectivity index (χ0) is 13.1. The molecule has 1 aromatic rings. The summed E-state index contributed by atoms with van der Waals surface area (Å²) in [6.45, 7) is 2.16. The molecule has 0 aromatic carbocycles. The number of halogens is 2. The largest absolute Gasteiger partial charge is 0.322 e. The lowest BCUT2D eigenvalue weighted by Gasteiger charge is -2.25. The van der Waals surface area contributed by atoms with Crippen LogP contribution in [0.1, 0.15) is 32.6 Å². The van der Waals surface area contributed by atoms with Gasteiger partial charge < -0.3 is 5.32 Å². The average Bonchev–Trinajstić information content (AvgIpc) is 2.33. The van der Waals surface area contributed by atoms with Gasteiger partial charge in [-0.1, -0.05) is 6.92 Å². The van der Waals surface area contributed by atoms with E-state index in [0.717, 1.165) is 31.7 Å². The quantitative estimate of drug-likeness (QED) is 0.824. The first kappa shape index (κ1) is 12.9. The molecule has 3 nitrogen and oxygen atoms in total. The lowest BCUT2D eigenvalue weighted by Crippen LogP contribution is -2.27. The Morgan fingerprint density at radius 2 is 1.94 bits per heavy atom. The summed E-state index contributed by atoms with van der Waals surface area (Å²) in [7, 11) is 0. The van der Waals surface area contributed by atoms with E-state index >= 15 is 0 Å². The number of carbonyl (C=O) groups is 1. The van der Waals surface area contributed by atoms with Crippen molar-refractivity contribution in [3.63, 3.8) is 0 Å². The number of rotatable bonds is 2. The minimum Gasteiger partial charge on any atom is -0.322 e. The van der Waals surface area contributed by atoms with Crippen molar-refractivity contribution in [2.45, 2.75) is 32.6 Å². The first-order valence-corrected chi connectivity index (χ1v) is 6.19. The van der Waals surface area contributed by atoms with Crippen LogP contribution >= 0.6 is 0 Å². The number of nitrogens with zero attached hydrogens (tertiary/aromatic N) is 1. The summed E-state index contributed by atoms with van der Waals surface area (Å²) in [5.74, 6) is -1.50. The number of carbonyl (C=O) groups excluding carboxylic acids is 1. The molecule has 0 bridgehead atoms. The normalized spacial score (nSPS) is 23.7. The summed E-state index contributed by atoms with van der Waals surface area (Å²) < 4.78 is 25.9. The second-order valence-corrected chi connectivity index (χ2v) is 4.92. The highest BCUT2D eigenvalue weighted by molar-refractivity contribution is 5.92. The predicted molar refractivity (Wildman–Crippen MR) is 63.9 cm³/mol. The molecule has 1 aliphatic rings. The Balaban J connectivity index is 1.98. The lowest BCUT2D eigenvalue weighted by atomic mass is 9.82. The van der Waals surface area contributed by atoms with Crippen molar-refractivity contribution < 1.29 is 13.6 Å². The number of anilines is 1. The molecule has 0 spiro atoms. The number of hydrogen-bond donors (Lipinski definition) is 1. The maximum Gasteiger partial charge on any atom is 0.239 e. The van der Waals surface area contributed by atoms with Gasteiger partial charge in [-0.3, -0.25) is 4.79 Å². The van der Waals surface area contributed by atoms with E-state index in [1.807, 2.05) is 0 Å². The third-order valence-corrected chi connectivity index (χ3v) is 3.46. The van der Waals surface area contributed by atoms with Gasteiger partial charge in [-0.15, -0.1) is 0 Å². The minimum atomic E-state index is -0.979. The first-order valence-electron chi connectivity index (χ1n) is 6.19. The summed E-state index contributed by atoms with van der Waals surface area (Å²) in [6.07, 6.45) is 3.68. The molecule has 0 atom stereocenters. The molecule has 1 amide bonds. The zero-order valence-corrected chi connectivity index (χ0v) is 10.2. The summed E-state index contributed by atoms with van der Waals surface area (Å²) in [5, 5.41) is 2.48. The van der Waals surface area contributed by atoms with Gasteiger partial charge in [-0.25, -0.2) is 0 Å². The second kappa shape index (κ2) is 5.42. The van der Waals surface area contributed by atoms with Crippen molar-refractivity contribution in [3.05, 3.63) is 24.0 Å². The van der Waals surface area contributed by atoms with Gasteiger partial charge in [-0.05, 0) is 43.7 Å². The van der Waals surface area contributed by atoms with E-state index in [-0.39, 0.29) is 17.5 Å². The number of aromatic nitrogens is 1. The third-order valence-electron chi connectivity index (χ3n) is 3.46. The summed E-state index contributed by atoms with van der Waals surface area (Å²) in [4.78, 5) is 14.9. The van der Waals surface area contributed by atoms with Crippen molar-refractivity contribution >= 4 is 11.6 Å². The van der Waals surface area contributed by atoms with E-state index in [1.165, 1.54) is 6.07 Å². The molecular weight excluding hydrogens is 238 g/mol. The SMILES string of the molecule is CC1CCC(C(=O)Nc2ccc(F)nc2F)CC1. The van der Waals surface area contributed by atoms with Crippen molar-refractivity contribution in [2.24, 2.45) is 11.8 Å². The van der Waals surface area contributed by atoms with Crippen LogP contribution in [0.25, 0.3) is 0 Å². The van der Waals surface area contributed by atoms with Gasteiger partial charge in [0.15, 0.2) is 0 Å². The van der Waals surface area contributed by atoms with Gasteiger partial charge in [0.2, 0.25) is 17.8 Å². The molecule has 0 saturated heterocycles. The maximum absolute atomic E-state index is 13.3. The van der Waals surface area contributed by atoms with Crippen LogP contribution in [0.5, 0.6) is 0 Å². The minimum absolute atomic E-state index is 0.0555. The number of hydrogen-bond acceptors (Lipinski definition) is 2. The topological polar surface area (TPSA) is 42.0 Å². The fourth-order valence-electron chi connectivity index (χ4n) is 2.26. The fourth-order valence-corrected chi connectivity index (χ4v) is 2.26. The van der Waals surface area contributed by atoms with Crippen LogP contribution in [0.4, 0.5) is 14.5 Å². The van der Waals surface area contributed by atoms with Gasteiger partial charge >= 0.3 is 0 Å². The first-order chi connectivity index (χ1) is 8.56. The molecule has 1 heterocycles. The van der Waals surface area contributed by atoms with E-state index in [9.17, 15) is 13.6 Å². The van der Waals surface area contributed by atoms with Gasteiger partial charge in [-0.2, -0.15) is 13.8 Å². The molecule has 98 valence electrons. The van der Waals surface area contributed by atoms with Crippen LogP contribution in [-0.4, -0.2) is 10.9 Å². The Morgan fingerprint density at radius 3 is 2.56 bits per heavy atom. The molecule has 1 saturated carbocycles. The zero-order valence-electron chi connectivity index (χ0n) is 10.2. The molecule has 1 aromatic heterocycles. The van der Waals surface area contributed by atoms with Gasteiger partial charge in [0.05, 0.1) is 5.69 Å². The third kappa shape index (κ3) is 3.03. The second-order valence-electron chi connectivity index (χ2n) is 4.92. The molecule has 1 aliphatic carbocycles. The van der Waals surface area contributed by atoms with Crippen LogP contribution in [0.15, 0.2) is 12.1 Å². The standard InChI is InChI=1S/C13H16F2N2O/c1-8-2-4-9(5-3-8)13(18)16-10-6-7-11(14)17-12(10)15/h6-9H,2-5H2,1H3,(H,16,18). The van der Waals surface area contributed by atoms with E-state index in [2.05, 4.69) is 17.2 Å². The molecule has 18 heavy (non-hydrogen) atoms. The molecule has 2 rings (SSSR count). The van der Waals surface area contributed by atoms with E-state index in [4.69, 9.17) is 0 Å². The number of amides is 1. The Morgan fingerprint density at radius 1 is 1.28 bits per heavy atom. The molecule has 1 fully saturated rings. The summed E-state index contributed by atoms with van der Waals surface area (Å²) in [6, 6.07) is 2.22. The van der Waals surface area contributed by atoms with Crippen molar-refractivity contribution in [1.82, 2.24) is 4.98 Å². The van der Waals surface area contributed by atoms with Crippen molar-refractivity contribution in [2.75, 3.05) is 5.32 Å². The molecule has 0 radical (unpaired) electrons. The summed E-state index contributed by atoms with van der Waals surface area (Å²) >= 11 is 0. The van der Waals surface area contributed by atoms with Crippen molar-refractivity contribution in [1.29, 1.82) is 0 Å².